The molecule has 0 fully saturated rings. The zero-order chi connectivity index (χ0) is 8.04. The van der Waals surface area contributed by atoms with Crippen molar-refractivity contribution in [3.05, 3.63) is 0 Å². The molecule has 0 aromatic heterocycles. The van der Waals surface area contributed by atoms with Crippen LogP contribution < -0.4 is 5.73 Å². The normalized spacial score (nSPS) is 15.8. The Bertz CT molecular complexity index is 124. The Morgan fingerprint density at radius 2 is 2.20 bits per heavy atom. The summed E-state index contributed by atoms with van der Waals surface area (Å²) in [7, 11) is 0. The van der Waals surface area contributed by atoms with E-state index in [1.807, 2.05) is 0 Å². The zero-order valence-corrected chi connectivity index (χ0v) is 6.43. The molecule has 1 atom stereocenters. The molecule has 2 nitrogen and oxygen atoms in total. The molecule has 1 unspecified atom stereocenters. The van der Waals surface area contributed by atoms with E-state index in [0.29, 0.717) is 25.8 Å². The number of rotatable bonds is 4. The molecule has 3 N–H and O–H groups in total. The van der Waals surface area contributed by atoms with Crippen LogP contribution in [0.25, 0.3) is 0 Å². The third-order valence-corrected chi connectivity index (χ3v) is 1.49. The summed E-state index contributed by atoms with van der Waals surface area (Å²) in [6.07, 6.45) is 6.92. The summed E-state index contributed by atoms with van der Waals surface area (Å²) in [6.45, 7) is 2.27. The molecule has 0 aromatic carbocycles. The van der Waals surface area contributed by atoms with Gasteiger partial charge in [0.1, 0.15) is 0 Å². The Kier molecular flexibility index (Phi) is 4.10. The minimum absolute atomic E-state index is 0.511. The molecule has 0 spiro atoms. The van der Waals surface area contributed by atoms with Gasteiger partial charge in [0, 0.05) is 6.42 Å². The summed E-state index contributed by atoms with van der Waals surface area (Å²) >= 11 is 0. The van der Waals surface area contributed by atoms with Gasteiger partial charge < -0.3 is 10.8 Å². The lowest BCUT2D eigenvalue weighted by atomic mass is 9.97. The van der Waals surface area contributed by atoms with E-state index in [4.69, 9.17) is 12.2 Å². The number of hydrogen-bond acceptors (Lipinski definition) is 2. The lowest BCUT2D eigenvalue weighted by Crippen LogP contribution is -2.27. The average Bonchev–Trinajstić information content (AvgIpc) is 1.84. The van der Waals surface area contributed by atoms with Crippen LogP contribution in [0.5, 0.6) is 0 Å². The molecule has 0 heterocycles. The molecular formula is C8H15NO. The summed E-state index contributed by atoms with van der Waals surface area (Å²) in [6, 6.07) is 0. The van der Waals surface area contributed by atoms with Crippen molar-refractivity contribution in [3.63, 3.8) is 0 Å². The van der Waals surface area contributed by atoms with Crippen molar-refractivity contribution in [1.29, 1.82) is 0 Å². The molecule has 0 aromatic rings. The maximum Gasteiger partial charge on any atom is 0.0640 e. The highest BCUT2D eigenvalue weighted by Crippen LogP contribution is 2.14. The van der Waals surface area contributed by atoms with E-state index in [1.165, 1.54) is 0 Å². The van der Waals surface area contributed by atoms with Gasteiger partial charge in [0.05, 0.1) is 5.60 Å². The van der Waals surface area contributed by atoms with Crippen LogP contribution in [0.1, 0.15) is 26.2 Å². The Morgan fingerprint density at radius 3 is 2.60 bits per heavy atom. The largest absolute Gasteiger partial charge is 0.390 e. The number of hydrogen-bond donors (Lipinski definition) is 2. The van der Waals surface area contributed by atoms with Crippen LogP contribution >= 0.6 is 0 Å². The van der Waals surface area contributed by atoms with Crippen LogP contribution in [0.2, 0.25) is 0 Å². The molecular weight excluding hydrogens is 126 g/mol. The predicted molar refractivity (Wildman–Crippen MR) is 42.4 cm³/mol. The minimum atomic E-state index is -0.666. The molecule has 2 heteroatoms. The van der Waals surface area contributed by atoms with Gasteiger partial charge in [-0.1, -0.05) is 0 Å². The van der Waals surface area contributed by atoms with E-state index in [0.717, 1.165) is 0 Å². The highest BCUT2D eigenvalue weighted by Gasteiger charge is 2.17. The molecule has 0 rings (SSSR count). The van der Waals surface area contributed by atoms with Crippen LogP contribution in [0.15, 0.2) is 0 Å². The van der Waals surface area contributed by atoms with Crippen molar-refractivity contribution in [1.82, 2.24) is 0 Å². The van der Waals surface area contributed by atoms with Gasteiger partial charge in [-0.3, -0.25) is 0 Å². The SMILES string of the molecule is C#CCCC(C)(O)CCN. The molecule has 0 aliphatic heterocycles. The zero-order valence-electron chi connectivity index (χ0n) is 6.43. The number of nitrogens with two attached hydrogens (primary N) is 1. The van der Waals surface area contributed by atoms with E-state index in [-0.39, 0.29) is 0 Å². The maximum atomic E-state index is 9.47. The first-order valence-electron chi connectivity index (χ1n) is 3.48. The van der Waals surface area contributed by atoms with Gasteiger partial charge >= 0.3 is 0 Å². The minimum Gasteiger partial charge on any atom is -0.390 e. The second kappa shape index (κ2) is 4.32. The first-order valence-corrected chi connectivity index (χ1v) is 3.48. The van der Waals surface area contributed by atoms with E-state index in [9.17, 15) is 5.11 Å². The second-order valence-electron chi connectivity index (χ2n) is 2.74. The highest BCUT2D eigenvalue weighted by molar-refractivity contribution is 4.87. The molecule has 58 valence electrons. The fourth-order valence-electron chi connectivity index (χ4n) is 0.777. The summed E-state index contributed by atoms with van der Waals surface area (Å²) < 4.78 is 0. The van der Waals surface area contributed by atoms with Crippen LogP contribution in [0, 0.1) is 12.3 Å². The predicted octanol–water partition coefficient (Wildman–Crippen LogP) is 0.500. The van der Waals surface area contributed by atoms with Gasteiger partial charge in [0.25, 0.3) is 0 Å². The Labute approximate surface area is 62.4 Å². The van der Waals surface area contributed by atoms with Crippen LogP contribution in [-0.2, 0) is 0 Å². The van der Waals surface area contributed by atoms with E-state index < -0.39 is 5.60 Å². The monoisotopic (exact) mass is 141 g/mol. The molecule has 0 bridgehead atoms. The first kappa shape index (κ1) is 9.48. The van der Waals surface area contributed by atoms with Gasteiger partial charge in [0.15, 0.2) is 0 Å². The van der Waals surface area contributed by atoms with Gasteiger partial charge in [-0.05, 0) is 26.3 Å². The summed E-state index contributed by atoms with van der Waals surface area (Å²) in [4.78, 5) is 0. The van der Waals surface area contributed by atoms with Crippen LogP contribution in [0.3, 0.4) is 0 Å². The fourth-order valence-corrected chi connectivity index (χ4v) is 0.777. The van der Waals surface area contributed by atoms with E-state index in [2.05, 4.69) is 5.92 Å². The maximum absolute atomic E-state index is 9.47. The molecule has 10 heavy (non-hydrogen) atoms. The molecule has 0 radical (unpaired) electrons. The topological polar surface area (TPSA) is 46.2 Å². The van der Waals surface area contributed by atoms with Crippen LogP contribution in [-0.4, -0.2) is 17.3 Å². The van der Waals surface area contributed by atoms with Gasteiger partial charge in [-0.15, -0.1) is 12.3 Å². The fraction of sp³-hybridized carbons (Fsp3) is 0.750. The summed E-state index contributed by atoms with van der Waals surface area (Å²) in [5, 5.41) is 9.47. The molecule has 0 aliphatic carbocycles. The third kappa shape index (κ3) is 4.37. The quantitative estimate of drug-likeness (QED) is 0.560. The Hall–Kier alpha value is -0.520. The van der Waals surface area contributed by atoms with Crippen molar-refractivity contribution in [2.24, 2.45) is 5.73 Å². The standard InChI is InChI=1S/C8H15NO/c1-3-4-5-8(2,10)6-7-9/h1,10H,4-7,9H2,2H3. The number of aliphatic hydroxyl groups is 1. The lowest BCUT2D eigenvalue weighted by molar-refractivity contribution is 0.0461. The summed E-state index contributed by atoms with van der Waals surface area (Å²) in [5.74, 6) is 2.48. The second-order valence-corrected chi connectivity index (χ2v) is 2.74. The van der Waals surface area contributed by atoms with Crippen molar-refractivity contribution in [2.45, 2.75) is 31.8 Å². The van der Waals surface area contributed by atoms with Crippen molar-refractivity contribution in [3.8, 4) is 12.3 Å². The summed E-state index contributed by atoms with van der Waals surface area (Å²) in [5.41, 5.74) is 4.61. The van der Waals surface area contributed by atoms with Gasteiger partial charge in [-0.25, -0.2) is 0 Å². The lowest BCUT2D eigenvalue weighted by Gasteiger charge is -2.20. The molecule has 0 saturated heterocycles. The van der Waals surface area contributed by atoms with Gasteiger partial charge in [0.2, 0.25) is 0 Å². The molecule has 0 amide bonds. The van der Waals surface area contributed by atoms with Gasteiger partial charge in [-0.2, -0.15) is 0 Å². The first-order chi connectivity index (χ1) is 4.62. The van der Waals surface area contributed by atoms with E-state index in [1.54, 1.807) is 6.92 Å². The Morgan fingerprint density at radius 1 is 1.60 bits per heavy atom. The number of terminal acetylenes is 1. The van der Waals surface area contributed by atoms with Crippen molar-refractivity contribution < 1.29 is 5.11 Å². The molecule has 0 aliphatic rings. The van der Waals surface area contributed by atoms with Crippen LogP contribution in [0.4, 0.5) is 0 Å². The van der Waals surface area contributed by atoms with Crippen molar-refractivity contribution in [2.75, 3.05) is 6.54 Å². The Balaban J connectivity index is 3.54. The average molecular weight is 141 g/mol. The third-order valence-electron chi connectivity index (χ3n) is 1.49. The molecule has 0 saturated carbocycles. The van der Waals surface area contributed by atoms with Crippen molar-refractivity contribution >= 4 is 0 Å². The highest BCUT2D eigenvalue weighted by atomic mass is 16.3. The van der Waals surface area contributed by atoms with E-state index >= 15 is 0 Å². The smallest absolute Gasteiger partial charge is 0.0640 e.